The van der Waals surface area contributed by atoms with Gasteiger partial charge in [-0.3, -0.25) is 14.6 Å². The van der Waals surface area contributed by atoms with Gasteiger partial charge >= 0.3 is 0 Å². The molecule has 1 unspecified atom stereocenters. The number of nitrogens with zero attached hydrogens (tertiary/aromatic N) is 1. The van der Waals surface area contributed by atoms with Gasteiger partial charge in [0.2, 0.25) is 5.91 Å². The van der Waals surface area contributed by atoms with Gasteiger partial charge in [-0.2, -0.15) is 0 Å². The summed E-state index contributed by atoms with van der Waals surface area (Å²) in [6.45, 7) is 4.05. The van der Waals surface area contributed by atoms with Gasteiger partial charge in [-0.05, 0) is 72.5 Å². The third-order valence-electron chi connectivity index (χ3n) is 4.94. The van der Waals surface area contributed by atoms with Crippen molar-refractivity contribution >= 4 is 29.1 Å². The van der Waals surface area contributed by atoms with E-state index in [1.54, 1.807) is 25.4 Å². The number of carbonyl (C=O) groups excluding carboxylic acids is 2. The third-order valence-corrected chi connectivity index (χ3v) is 6.17. The Kier molecular flexibility index (Phi) is 5.77. The van der Waals surface area contributed by atoms with E-state index in [0.717, 1.165) is 44.2 Å². The summed E-state index contributed by atoms with van der Waals surface area (Å²) in [5.41, 5.74) is 4.16. The number of hydrogen-bond donors (Lipinski definition) is 1. The molecule has 1 aromatic carbocycles. The Balaban J connectivity index is 1.39. The minimum absolute atomic E-state index is 0.0841. The summed E-state index contributed by atoms with van der Waals surface area (Å²) in [5, 5.41) is 2.90. The van der Waals surface area contributed by atoms with Crippen LogP contribution in [0.3, 0.4) is 0 Å². The van der Waals surface area contributed by atoms with Crippen LogP contribution in [0.1, 0.15) is 33.3 Å². The number of rotatable bonds is 6. The van der Waals surface area contributed by atoms with E-state index in [4.69, 9.17) is 4.74 Å². The molecule has 152 valence electrons. The second-order valence-electron chi connectivity index (χ2n) is 7.31. The first-order chi connectivity index (χ1) is 14.5. The van der Waals surface area contributed by atoms with Crippen LogP contribution in [0.2, 0.25) is 0 Å². The number of ketones is 1. The monoisotopic (exact) mass is 418 g/mol. The fourth-order valence-electron chi connectivity index (χ4n) is 3.48. The van der Waals surface area contributed by atoms with Crippen molar-refractivity contribution in [3.63, 3.8) is 0 Å². The van der Waals surface area contributed by atoms with Crippen molar-refractivity contribution in [2.24, 2.45) is 0 Å². The molecule has 1 aliphatic heterocycles. The molecule has 3 aromatic rings. The SMILES string of the molecule is CC(=O)c1ccc(-c2cc(C)c3c(c2)CC(CNC(=O)C=Cc2cccnc2)O3)s1. The number of nitrogens with one attached hydrogen (secondary N) is 1. The zero-order chi connectivity index (χ0) is 21.1. The third kappa shape index (κ3) is 4.49. The first-order valence-corrected chi connectivity index (χ1v) is 10.6. The van der Waals surface area contributed by atoms with Gasteiger partial charge in [0, 0.05) is 29.8 Å². The lowest BCUT2D eigenvalue weighted by Crippen LogP contribution is -2.33. The number of benzene rings is 1. The summed E-state index contributed by atoms with van der Waals surface area (Å²) in [7, 11) is 0. The molecular formula is C24H22N2O3S. The van der Waals surface area contributed by atoms with E-state index in [0.29, 0.717) is 6.54 Å². The highest BCUT2D eigenvalue weighted by molar-refractivity contribution is 7.17. The molecule has 0 aliphatic carbocycles. The molecule has 1 atom stereocenters. The van der Waals surface area contributed by atoms with Crippen molar-refractivity contribution in [3.05, 3.63) is 76.4 Å². The molecule has 0 saturated heterocycles. The maximum Gasteiger partial charge on any atom is 0.244 e. The fraction of sp³-hybridized carbons (Fsp3) is 0.208. The Morgan fingerprint density at radius 3 is 2.90 bits per heavy atom. The average Bonchev–Trinajstić information content (AvgIpc) is 3.39. The summed E-state index contributed by atoms with van der Waals surface area (Å²) in [5.74, 6) is 0.819. The molecule has 0 radical (unpaired) electrons. The Morgan fingerprint density at radius 2 is 2.17 bits per heavy atom. The maximum atomic E-state index is 12.1. The van der Waals surface area contributed by atoms with Gasteiger partial charge in [-0.25, -0.2) is 0 Å². The molecule has 1 amide bonds. The van der Waals surface area contributed by atoms with Crippen LogP contribution in [0.15, 0.2) is 54.9 Å². The quantitative estimate of drug-likeness (QED) is 0.474. The smallest absolute Gasteiger partial charge is 0.244 e. The molecule has 0 fully saturated rings. The number of carbonyl (C=O) groups is 2. The van der Waals surface area contributed by atoms with Gasteiger partial charge in [0.15, 0.2) is 5.78 Å². The lowest BCUT2D eigenvalue weighted by atomic mass is 10.0. The van der Waals surface area contributed by atoms with Crippen LogP contribution in [0.5, 0.6) is 5.75 Å². The molecule has 0 bridgehead atoms. The largest absolute Gasteiger partial charge is 0.488 e. The normalized spacial score (nSPS) is 15.1. The number of pyridine rings is 1. The first kappa shape index (κ1) is 20.0. The van der Waals surface area contributed by atoms with Crippen molar-refractivity contribution in [2.75, 3.05) is 6.54 Å². The number of aryl methyl sites for hydroxylation is 1. The summed E-state index contributed by atoms with van der Waals surface area (Å²) in [4.78, 5) is 29.6. The predicted molar refractivity (Wildman–Crippen MR) is 119 cm³/mol. The second-order valence-corrected chi connectivity index (χ2v) is 8.39. The number of fused-ring (bicyclic) bond motifs is 1. The van der Waals surface area contributed by atoms with E-state index in [-0.39, 0.29) is 17.8 Å². The Bertz CT molecular complexity index is 1120. The molecule has 1 N–H and O–H groups in total. The van der Waals surface area contributed by atoms with Crippen LogP contribution >= 0.6 is 11.3 Å². The van der Waals surface area contributed by atoms with E-state index >= 15 is 0 Å². The average molecular weight is 419 g/mol. The molecule has 30 heavy (non-hydrogen) atoms. The van der Waals surface area contributed by atoms with Gasteiger partial charge in [0.1, 0.15) is 11.9 Å². The van der Waals surface area contributed by atoms with Gasteiger partial charge in [-0.1, -0.05) is 6.07 Å². The number of ether oxygens (including phenoxy) is 1. The zero-order valence-electron chi connectivity index (χ0n) is 16.8. The number of thiophene rings is 1. The Labute approximate surface area is 179 Å². The lowest BCUT2D eigenvalue weighted by Gasteiger charge is -2.12. The van der Waals surface area contributed by atoms with Gasteiger partial charge in [0.25, 0.3) is 0 Å². The Hall–Kier alpha value is -3.25. The molecule has 3 heterocycles. The summed E-state index contributed by atoms with van der Waals surface area (Å²) in [6, 6.07) is 11.8. The van der Waals surface area contributed by atoms with Gasteiger partial charge in [0.05, 0.1) is 11.4 Å². The van der Waals surface area contributed by atoms with E-state index in [1.807, 2.05) is 31.2 Å². The molecule has 2 aromatic heterocycles. The van der Waals surface area contributed by atoms with E-state index in [1.165, 1.54) is 17.4 Å². The van der Waals surface area contributed by atoms with Crippen molar-refractivity contribution in [2.45, 2.75) is 26.4 Å². The molecule has 6 heteroatoms. The fourth-order valence-corrected chi connectivity index (χ4v) is 4.37. The summed E-state index contributed by atoms with van der Waals surface area (Å²) >= 11 is 1.51. The Morgan fingerprint density at radius 1 is 1.30 bits per heavy atom. The van der Waals surface area contributed by atoms with Crippen LogP contribution < -0.4 is 10.1 Å². The molecule has 5 nitrogen and oxygen atoms in total. The highest BCUT2D eigenvalue weighted by Crippen LogP contribution is 2.38. The van der Waals surface area contributed by atoms with Crippen LogP contribution in [0, 0.1) is 6.92 Å². The minimum atomic E-state index is -0.161. The molecular weight excluding hydrogens is 396 g/mol. The van der Waals surface area contributed by atoms with Crippen LogP contribution in [-0.4, -0.2) is 29.3 Å². The number of amides is 1. The number of hydrogen-bond acceptors (Lipinski definition) is 5. The van der Waals surface area contributed by atoms with Crippen molar-refractivity contribution in [1.82, 2.24) is 10.3 Å². The highest BCUT2D eigenvalue weighted by Gasteiger charge is 2.25. The minimum Gasteiger partial charge on any atom is -0.488 e. The molecule has 0 saturated carbocycles. The highest BCUT2D eigenvalue weighted by atomic mass is 32.1. The number of aromatic nitrogens is 1. The standard InChI is InChI=1S/C24H22N2O3S/c1-15-10-18(22-7-6-21(30-22)16(2)27)11-19-12-20(29-24(15)19)14-26-23(28)8-5-17-4-3-9-25-13-17/h3-11,13,20H,12,14H2,1-2H3,(H,26,28). The van der Waals surface area contributed by atoms with Crippen LogP contribution in [0.4, 0.5) is 0 Å². The van der Waals surface area contributed by atoms with Crippen LogP contribution in [0.25, 0.3) is 16.5 Å². The van der Waals surface area contributed by atoms with Crippen molar-refractivity contribution in [1.29, 1.82) is 0 Å². The molecule has 1 aliphatic rings. The van der Waals surface area contributed by atoms with Crippen molar-refractivity contribution in [3.8, 4) is 16.2 Å². The van der Waals surface area contributed by atoms with E-state index in [9.17, 15) is 9.59 Å². The lowest BCUT2D eigenvalue weighted by molar-refractivity contribution is -0.116. The summed E-state index contributed by atoms with van der Waals surface area (Å²) in [6.07, 6.45) is 7.28. The topological polar surface area (TPSA) is 68.3 Å². The van der Waals surface area contributed by atoms with Crippen LogP contribution in [-0.2, 0) is 11.2 Å². The first-order valence-electron chi connectivity index (χ1n) is 9.77. The van der Waals surface area contributed by atoms with Gasteiger partial charge < -0.3 is 10.1 Å². The predicted octanol–water partition coefficient (Wildman–Crippen LogP) is 4.45. The number of Topliss-reactive ketones (excluding diaryl/α,β-unsaturated/α-hetero) is 1. The van der Waals surface area contributed by atoms with Crippen molar-refractivity contribution < 1.29 is 14.3 Å². The molecule has 0 spiro atoms. The maximum absolute atomic E-state index is 12.1. The summed E-state index contributed by atoms with van der Waals surface area (Å²) < 4.78 is 6.09. The zero-order valence-corrected chi connectivity index (χ0v) is 17.7. The van der Waals surface area contributed by atoms with Gasteiger partial charge in [-0.15, -0.1) is 11.3 Å². The second kappa shape index (κ2) is 8.63. The van der Waals surface area contributed by atoms with E-state index < -0.39 is 0 Å². The van der Waals surface area contributed by atoms with E-state index in [2.05, 4.69) is 22.4 Å². The molecule has 4 rings (SSSR count).